The molecule has 0 amide bonds. The molecule has 96 valence electrons. The Morgan fingerprint density at radius 2 is 2.06 bits per heavy atom. The van der Waals surface area contributed by atoms with Crippen molar-refractivity contribution in [2.75, 3.05) is 32.9 Å². The molecular weight excluding hydrogens is 286 g/mol. The first-order chi connectivity index (χ1) is 8.27. The van der Waals surface area contributed by atoms with Crippen LogP contribution in [0.4, 0.5) is 0 Å². The monoisotopic (exact) mass is 303 g/mol. The smallest absolute Gasteiger partial charge is 0.162 e. The van der Waals surface area contributed by atoms with Gasteiger partial charge in [0.25, 0.3) is 0 Å². The van der Waals surface area contributed by atoms with E-state index in [1.807, 2.05) is 25.1 Å². The highest BCUT2D eigenvalue weighted by atomic mass is 79.9. The molecule has 2 N–H and O–H groups in total. The number of hydrogen-bond donors (Lipinski definition) is 2. The van der Waals surface area contributed by atoms with E-state index >= 15 is 0 Å². The minimum atomic E-state index is 0.141. The van der Waals surface area contributed by atoms with Gasteiger partial charge in [-0.25, -0.2) is 0 Å². The van der Waals surface area contributed by atoms with Gasteiger partial charge in [0.2, 0.25) is 0 Å². The molecule has 0 aliphatic carbocycles. The maximum absolute atomic E-state index is 8.60. The molecule has 4 nitrogen and oxygen atoms in total. The fraction of sp³-hybridized carbons (Fsp3) is 0.500. The van der Waals surface area contributed by atoms with Crippen molar-refractivity contribution in [3.63, 3.8) is 0 Å². The minimum absolute atomic E-state index is 0.141. The minimum Gasteiger partial charge on any atom is -0.490 e. The van der Waals surface area contributed by atoms with E-state index in [0.717, 1.165) is 16.0 Å². The van der Waals surface area contributed by atoms with Gasteiger partial charge < -0.3 is 19.9 Å². The lowest BCUT2D eigenvalue weighted by Crippen LogP contribution is -2.24. The van der Waals surface area contributed by atoms with E-state index in [1.54, 1.807) is 0 Å². The van der Waals surface area contributed by atoms with Crippen LogP contribution in [0.1, 0.15) is 6.92 Å². The topological polar surface area (TPSA) is 50.7 Å². The largest absolute Gasteiger partial charge is 0.490 e. The zero-order chi connectivity index (χ0) is 12.5. The Kier molecular flexibility index (Phi) is 7.00. The van der Waals surface area contributed by atoms with Crippen LogP contribution in [0.15, 0.2) is 22.7 Å². The standard InChI is InChI=1S/C12H18BrNO3/c1-2-16-12-9-10(13)3-4-11(12)17-8-6-14-5-7-15/h3-4,9,14-15H,2,5-8H2,1H3. The molecular formula is C12H18BrNO3. The fourth-order valence-corrected chi connectivity index (χ4v) is 1.65. The van der Waals surface area contributed by atoms with E-state index in [9.17, 15) is 0 Å². The summed E-state index contributed by atoms with van der Waals surface area (Å²) in [5.74, 6) is 1.48. The molecule has 0 fully saturated rings. The van der Waals surface area contributed by atoms with Gasteiger partial charge in [0.1, 0.15) is 6.61 Å². The molecule has 0 atom stereocenters. The molecule has 1 aromatic rings. The molecule has 1 rings (SSSR count). The number of aliphatic hydroxyl groups is 1. The molecule has 0 bridgehead atoms. The number of ether oxygens (including phenoxy) is 2. The predicted molar refractivity (Wildman–Crippen MR) is 70.8 cm³/mol. The molecule has 0 heterocycles. The molecule has 0 radical (unpaired) electrons. The van der Waals surface area contributed by atoms with E-state index in [2.05, 4.69) is 21.2 Å². The normalized spacial score (nSPS) is 10.3. The van der Waals surface area contributed by atoms with E-state index in [-0.39, 0.29) is 6.61 Å². The van der Waals surface area contributed by atoms with Gasteiger partial charge in [-0.2, -0.15) is 0 Å². The van der Waals surface area contributed by atoms with Crippen molar-refractivity contribution in [1.82, 2.24) is 5.32 Å². The number of rotatable bonds is 8. The van der Waals surface area contributed by atoms with Crippen LogP contribution in [-0.4, -0.2) is 38.0 Å². The molecule has 0 aliphatic heterocycles. The molecule has 0 unspecified atom stereocenters. The Hall–Kier alpha value is -0.780. The first kappa shape index (κ1) is 14.3. The first-order valence-electron chi connectivity index (χ1n) is 5.64. The van der Waals surface area contributed by atoms with Crippen LogP contribution in [0.5, 0.6) is 11.5 Å². The van der Waals surface area contributed by atoms with Crippen LogP contribution in [0.3, 0.4) is 0 Å². The molecule has 5 heteroatoms. The summed E-state index contributed by atoms with van der Waals surface area (Å²) in [6.45, 7) is 4.51. The second kappa shape index (κ2) is 8.33. The lowest BCUT2D eigenvalue weighted by Gasteiger charge is -2.12. The summed E-state index contributed by atoms with van der Waals surface area (Å²) in [7, 11) is 0. The summed E-state index contributed by atoms with van der Waals surface area (Å²) < 4.78 is 12.0. The van der Waals surface area contributed by atoms with Gasteiger partial charge in [-0.1, -0.05) is 15.9 Å². The Morgan fingerprint density at radius 3 is 2.76 bits per heavy atom. The Bertz CT molecular complexity index is 334. The van der Waals surface area contributed by atoms with Crippen molar-refractivity contribution in [3.05, 3.63) is 22.7 Å². The van der Waals surface area contributed by atoms with Gasteiger partial charge in [-0.05, 0) is 25.1 Å². The fourth-order valence-electron chi connectivity index (χ4n) is 1.31. The van der Waals surface area contributed by atoms with Crippen molar-refractivity contribution in [2.45, 2.75) is 6.92 Å². The maximum atomic E-state index is 8.60. The van der Waals surface area contributed by atoms with Crippen LogP contribution in [0, 0.1) is 0 Å². The lowest BCUT2D eigenvalue weighted by atomic mass is 10.3. The maximum Gasteiger partial charge on any atom is 0.162 e. The zero-order valence-electron chi connectivity index (χ0n) is 9.91. The molecule has 0 saturated heterocycles. The van der Waals surface area contributed by atoms with Crippen molar-refractivity contribution in [3.8, 4) is 11.5 Å². The molecule has 17 heavy (non-hydrogen) atoms. The second-order valence-corrected chi connectivity index (χ2v) is 4.26. The van der Waals surface area contributed by atoms with Gasteiger partial charge in [-0.15, -0.1) is 0 Å². The van der Waals surface area contributed by atoms with Crippen LogP contribution in [0.25, 0.3) is 0 Å². The summed E-state index contributed by atoms with van der Waals surface area (Å²) in [6, 6.07) is 5.68. The Morgan fingerprint density at radius 1 is 1.24 bits per heavy atom. The van der Waals surface area contributed by atoms with E-state index in [1.165, 1.54) is 0 Å². The molecule has 0 aromatic heterocycles. The summed E-state index contributed by atoms with van der Waals surface area (Å²) >= 11 is 3.39. The van der Waals surface area contributed by atoms with Crippen LogP contribution in [0.2, 0.25) is 0 Å². The van der Waals surface area contributed by atoms with Gasteiger partial charge >= 0.3 is 0 Å². The SMILES string of the molecule is CCOc1cc(Br)ccc1OCCNCCO. The van der Waals surface area contributed by atoms with Crippen molar-refractivity contribution >= 4 is 15.9 Å². The molecule has 0 spiro atoms. The lowest BCUT2D eigenvalue weighted by molar-refractivity contribution is 0.262. The highest BCUT2D eigenvalue weighted by Gasteiger charge is 2.05. The third-order valence-electron chi connectivity index (χ3n) is 2.03. The number of halogens is 1. The number of hydrogen-bond acceptors (Lipinski definition) is 4. The summed E-state index contributed by atoms with van der Waals surface area (Å²) in [5.41, 5.74) is 0. The van der Waals surface area contributed by atoms with Crippen molar-refractivity contribution in [2.24, 2.45) is 0 Å². The van der Waals surface area contributed by atoms with E-state index in [4.69, 9.17) is 14.6 Å². The van der Waals surface area contributed by atoms with E-state index < -0.39 is 0 Å². The second-order valence-electron chi connectivity index (χ2n) is 3.35. The highest BCUT2D eigenvalue weighted by molar-refractivity contribution is 9.10. The van der Waals surface area contributed by atoms with E-state index in [0.29, 0.717) is 26.3 Å². The van der Waals surface area contributed by atoms with Gasteiger partial charge in [0.15, 0.2) is 11.5 Å². The van der Waals surface area contributed by atoms with Crippen molar-refractivity contribution in [1.29, 1.82) is 0 Å². The number of nitrogens with one attached hydrogen (secondary N) is 1. The third-order valence-corrected chi connectivity index (χ3v) is 2.52. The quantitative estimate of drug-likeness (QED) is 0.719. The molecule has 1 aromatic carbocycles. The van der Waals surface area contributed by atoms with Gasteiger partial charge in [-0.3, -0.25) is 0 Å². The highest BCUT2D eigenvalue weighted by Crippen LogP contribution is 2.30. The Balaban J connectivity index is 2.45. The average molecular weight is 304 g/mol. The van der Waals surface area contributed by atoms with Crippen LogP contribution in [-0.2, 0) is 0 Å². The first-order valence-corrected chi connectivity index (χ1v) is 6.44. The summed E-state index contributed by atoms with van der Waals surface area (Å²) in [4.78, 5) is 0. The molecule has 0 aliphatic rings. The summed E-state index contributed by atoms with van der Waals surface area (Å²) in [6.07, 6.45) is 0. The summed E-state index contributed by atoms with van der Waals surface area (Å²) in [5, 5.41) is 11.6. The Labute approximate surface area is 110 Å². The van der Waals surface area contributed by atoms with Gasteiger partial charge in [0.05, 0.1) is 13.2 Å². The average Bonchev–Trinajstić information content (AvgIpc) is 2.32. The zero-order valence-corrected chi connectivity index (χ0v) is 11.5. The van der Waals surface area contributed by atoms with Crippen molar-refractivity contribution < 1.29 is 14.6 Å². The number of benzene rings is 1. The number of aliphatic hydroxyl groups excluding tert-OH is 1. The van der Waals surface area contributed by atoms with Gasteiger partial charge in [0, 0.05) is 17.6 Å². The van der Waals surface area contributed by atoms with Crippen LogP contribution >= 0.6 is 15.9 Å². The predicted octanol–water partition coefficient (Wildman–Crippen LogP) is 1.81. The third kappa shape index (κ3) is 5.39. The molecule has 0 saturated carbocycles. The van der Waals surface area contributed by atoms with Crippen LogP contribution < -0.4 is 14.8 Å².